The van der Waals surface area contributed by atoms with E-state index in [9.17, 15) is 0 Å². The van der Waals surface area contributed by atoms with E-state index in [1.165, 1.54) is 4.90 Å². The molecule has 1 rings (SSSR count). The second kappa shape index (κ2) is 7.58. The molecule has 90 valence electrons. The molecular formula is C13H21NOS. The summed E-state index contributed by atoms with van der Waals surface area (Å²) < 4.78 is 5.54. The Balaban J connectivity index is 2.05. The highest BCUT2D eigenvalue weighted by Gasteiger charge is 1.96. The van der Waals surface area contributed by atoms with E-state index in [-0.39, 0.29) is 0 Å². The van der Waals surface area contributed by atoms with E-state index in [0.717, 1.165) is 37.0 Å². The average molecular weight is 239 g/mol. The zero-order valence-corrected chi connectivity index (χ0v) is 10.9. The molecule has 3 heteroatoms. The maximum Gasteiger partial charge on any atom is 0.0560 e. The first-order valence-corrected chi connectivity index (χ1v) is 6.73. The monoisotopic (exact) mass is 239 g/mol. The number of nitrogens with two attached hydrogens (primary N) is 1. The summed E-state index contributed by atoms with van der Waals surface area (Å²) in [6.45, 7) is 6.13. The van der Waals surface area contributed by atoms with Crippen molar-refractivity contribution in [2.45, 2.75) is 25.2 Å². The van der Waals surface area contributed by atoms with Gasteiger partial charge in [-0.3, -0.25) is 0 Å². The molecule has 0 fully saturated rings. The minimum atomic E-state index is 0.727. The molecule has 16 heavy (non-hydrogen) atoms. The lowest BCUT2D eigenvalue weighted by Gasteiger charge is -2.06. The Bertz CT molecular complexity index is 284. The molecule has 0 spiro atoms. The van der Waals surface area contributed by atoms with Crippen LogP contribution in [0.1, 0.15) is 20.3 Å². The van der Waals surface area contributed by atoms with Gasteiger partial charge >= 0.3 is 0 Å². The standard InChI is InChI=1S/C13H21NOS/c1-11(2)7-8-15-9-10-16-13-5-3-12(14)4-6-13/h3-6,11H,7-10,14H2,1-2H3. The molecular weight excluding hydrogens is 218 g/mol. The molecule has 0 saturated heterocycles. The first-order chi connectivity index (χ1) is 7.68. The zero-order chi connectivity index (χ0) is 11.8. The van der Waals surface area contributed by atoms with Gasteiger partial charge in [0, 0.05) is 22.9 Å². The zero-order valence-electron chi connectivity index (χ0n) is 10.1. The van der Waals surface area contributed by atoms with Crippen LogP contribution in [-0.2, 0) is 4.74 Å². The van der Waals surface area contributed by atoms with E-state index in [4.69, 9.17) is 10.5 Å². The summed E-state index contributed by atoms with van der Waals surface area (Å²) in [6, 6.07) is 7.96. The summed E-state index contributed by atoms with van der Waals surface area (Å²) in [5.74, 6) is 1.73. The van der Waals surface area contributed by atoms with Crippen LogP contribution in [0.2, 0.25) is 0 Å². The number of anilines is 1. The Morgan fingerprint density at radius 2 is 1.88 bits per heavy atom. The fourth-order valence-electron chi connectivity index (χ4n) is 1.20. The third-order valence-corrected chi connectivity index (χ3v) is 3.19. The molecule has 1 aromatic rings. The molecule has 0 aliphatic heterocycles. The van der Waals surface area contributed by atoms with Crippen molar-refractivity contribution >= 4 is 17.4 Å². The predicted molar refractivity (Wildman–Crippen MR) is 71.9 cm³/mol. The molecule has 0 heterocycles. The third-order valence-electron chi connectivity index (χ3n) is 2.22. The summed E-state index contributed by atoms with van der Waals surface area (Å²) in [7, 11) is 0. The largest absolute Gasteiger partial charge is 0.399 e. The van der Waals surface area contributed by atoms with Gasteiger partial charge in [-0.05, 0) is 36.6 Å². The molecule has 0 aliphatic rings. The van der Waals surface area contributed by atoms with Crippen LogP contribution in [0.3, 0.4) is 0 Å². The normalized spacial score (nSPS) is 10.9. The minimum Gasteiger partial charge on any atom is -0.399 e. The second-order valence-corrected chi connectivity index (χ2v) is 5.38. The highest BCUT2D eigenvalue weighted by Crippen LogP contribution is 2.18. The summed E-state index contributed by atoms with van der Waals surface area (Å²) in [5.41, 5.74) is 6.43. The van der Waals surface area contributed by atoms with Gasteiger partial charge in [-0.15, -0.1) is 11.8 Å². The lowest BCUT2D eigenvalue weighted by molar-refractivity contribution is 0.138. The van der Waals surface area contributed by atoms with Crippen LogP contribution >= 0.6 is 11.8 Å². The minimum absolute atomic E-state index is 0.727. The van der Waals surface area contributed by atoms with Gasteiger partial charge < -0.3 is 10.5 Å². The van der Waals surface area contributed by atoms with Crippen LogP contribution in [0.5, 0.6) is 0 Å². The molecule has 0 bridgehead atoms. The van der Waals surface area contributed by atoms with E-state index in [1.54, 1.807) is 0 Å². The summed E-state index contributed by atoms with van der Waals surface area (Å²) >= 11 is 1.81. The first kappa shape index (κ1) is 13.4. The lowest BCUT2D eigenvalue weighted by Crippen LogP contribution is -2.02. The smallest absolute Gasteiger partial charge is 0.0560 e. The lowest BCUT2D eigenvalue weighted by atomic mass is 10.1. The van der Waals surface area contributed by atoms with Crippen molar-refractivity contribution in [2.24, 2.45) is 5.92 Å². The summed E-state index contributed by atoms with van der Waals surface area (Å²) in [4.78, 5) is 1.25. The predicted octanol–water partition coefficient (Wildman–Crippen LogP) is 3.42. The number of rotatable bonds is 7. The Labute approximate surface area is 103 Å². The van der Waals surface area contributed by atoms with E-state index in [1.807, 2.05) is 36.0 Å². The number of hydrogen-bond acceptors (Lipinski definition) is 3. The maximum absolute atomic E-state index is 5.62. The van der Waals surface area contributed by atoms with Crippen LogP contribution in [0.4, 0.5) is 5.69 Å². The van der Waals surface area contributed by atoms with Gasteiger partial charge in [0.2, 0.25) is 0 Å². The Hall–Kier alpha value is -0.670. The van der Waals surface area contributed by atoms with Gasteiger partial charge in [-0.2, -0.15) is 0 Å². The van der Waals surface area contributed by atoms with E-state index in [2.05, 4.69) is 13.8 Å². The number of thioether (sulfide) groups is 1. The van der Waals surface area contributed by atoms with Crippen LogP contribution in [-0.4, -0.2) is 19.0 Å². The number of nitrogen functional groups attached to an aromatic ring is 1. The van der Waals surface area contributed by atoms with Crippen molar-refractivity contribution < 1.29 is 4.74 Å². The van der Waals surface area contributed by atoms with Gasteiger partial charge in [0.25, 0.3) is 0 Å². The van der Waals surface area contributed by atoms with Crippen LogP contribution in [0.25, 0.3) is 0 Å². The summed E-state index contributed by atoms with van der Waals surface area (Å²) in [6.07, 6.45) is 1.15. The average Bonchev–Trinajstić information content (AvgIpc) is 2.25. The molecule has 1 aromatic carbocycles. The van der Waals surface area contributed by atoms with Crippen molar-refractivity contribution in [3.05, 3.63) is 24.3 Å². The molecule has 0 atom stereocenters. The molecule has 0 aliphatic carbocycles. The van der Waals surface area contributed by atoms with Crippen LogP contribution in [0.15, 0.2) is 29.2 Å². The third kappa shape index (κ3) is 6.03. The van der Waals surface area contributed by atoms with Crippen molar-refractivity contribution in [2.75, 3.05) is 24.7 Å². The van der Waals surface area contributed by atoms with E-state index < -0.39 is 0 Å². The highest BCUT2D eigenvalue weighted by molar-refractivity contribution is 7.99. The van der Waals surface area contributed by atoms with Gasteiger partial charge in [0.15, 0.2) is 0 Å². The van der Waals surface area contributed by atoms with E-state index >= 15 is 0 Å². The quantitative estimate of drug-likeness (QED) is 0.450. The number of hydrogen-bond donors (Lipinski definition) is 1. The van der Waals surface area contributed by atoms with Gasteiger partial charge in [-0.1, -0.05) is 13.8 Å². The van der Waals surface area contributed by atoms with Crippen molar-refractivity contribution in [3.63, 3.8) is 0 Å². The van der Waals surface area contributed by atoms with Crippen LogP contribution in [0, 0.1) is 5.92 Å². The van der Waals surface area contributed by atoms with Gasteiger partial charge in [0.1, 0.15) is 0 Å². The van der Waals surface area contributed by atoms with Gasteiger partial charge in [0.05, 0.1) is 6.61 Å². The molecule has 0 unspecified atom stereocenters. The molecule has 2 N–H and O–H groups in total. The molecule has 0 radical (unpaired) electrons. The van der Waals surface area contributed by atoms with Gasteiger partial charge in [-0.25, -0.2) is 0 Å². The van der Waals surface area contributed by atoms with Crippen molar-refractivity contribution in [1.82, 2.24) is 0 Å². The number of ether oxygens (including phenoxy) is 1. The fraction of sp³-hybridized carbons (Fsp3) is 0.538. The van der Waals surface area contributed by atoms with E-state index in [0.29, 0.717) is 0 Å². The van der Waals surface area contributed by atoms with Crippen molar-refractivity contribution in [1.29, 1.82) is 0 Å². The first-order valence-electron chi connectivity index (χ1n) is 5.74. The van der Waals surface area contributed by atoms with Crippen molar-refractivity contribution in [3.8, 4) is 0 Å². The Kier molecular flexibility index (Phi) is 6.34. The Morgan fingerprint density at radius 3 is 2.50 bits per heavy atom. The summed E-state index contributed by atoms with van der Waals surface area (Å²) in [5, 5.41) is 0. The molecule has 0 amide bonds. The topological polar surface area (TPSA) is 35.2 Å². The molecule has 0 aromatic heterocycles. The maximum atomic E-state index is 5.62. The highest BCUT2D eigenvalue weighted by atomic mass is 32.2. The SMILES string of the molecule is CC(C)CCOCCSc1ccc(N)cc1. The fourth-order valence-corrected chi connectivity index (χ4v) is 1.97. The second-order valence-electron chi connectivity index (χ2n) is 4.21. The van der Waals surface area contributed by atoms with Crippen LogP contribution < -0.4 is 5.73 Å². The molecule has 2 nitrogen and oxygen atoms in total. The Morgan fingerprint density at radius 1 is 1.19 bits per heavy atom. The number of benzene rings is 1. The molecule has 0 saturated carbocycles.